The molecule has 90 valence electrons. The molecule has 0 fully saturated rings. The van der Waals surface area contributed by atoms with Crippen LogP contribution in [0.5, 0.6) is 0 Å². The summed E-state index contributed by atoms with van der Waals surface area (Å²) >= 11 is 0. The minimum Gasteiger partial charge on any atom is -0.389 e. The van der Waals surface area contributed by atoms with E-state index in [9.17, 15) is 15.0 Å². The highest BCUT2D eigenvalue weighted by atomic mass is 16.3. The maximum atomic E-state index is 12.0. The van der Waals surface area contributed by atoms with Crippen LogP contribution >= 0.6 is 0 Å². The summed E-state index contributed by atoms with van der Waals surface area (Å²) in [6.45, 7) is 7.03. The Morgan fingerprint density at radius 3 is 2.56 bits per heavy atom. The molecule has 0 radical (unpaired) electrons. The predicted octanol–water partition coefficient (Wildman–Crippen LogP) is 1.60. The zero-order valence-electron chi connectivity index (χ0n) is 10.3. The van der Waals surface area contributed by atoms with Gasteiger partial charge < -0.3 is 10.2 Å². The van der Waals surface area contributed by atoms with E-state index in [-0.39, 0.29) is 5.78 Å². The number of carbonyl (C=O) groups excluding carboxylic acids is 1. The number of carbonyl (C=O) groups is 1. The van der Waals surface area contributed by atoms with Crippen LogP contribution in [0.15, 0.2) is 23.8 Å². The van der Waals surface area contributed by atoms with Gasteiger partial charge in [0.25, 0.3) is 0 Å². The first kappa shape index (κ1) is 13.1. The second-order valence-electron chi connectivity index (χ2n) is 5.08. The Kier molecular flexibility index (Phi) is 3.41. The minimum atomic E-state index is -1.50. The van der Waals surface area contributed by atoms with Crippen molar-refractivity contribution in [2.45, 2.75) is 45.8 Å². The van der Waals surface area contributed by atoms with E-state index in [0.717, 1.165) is 0 Å². The van der Waals surface area contributed by atoms with Gasteiger partial charge in [0.2, 0.25) is 0 Å². The lowest BCUT2D eigenvalue weighted by Gasteiger charge is -2.45. The van der Waals surface area contributed by atoms with Gasteiger partial charge in [0.15, 0.2) is 11.4 Å². The lowest BCUT2D eigenvalue weighted by Crippen LogP contribution is -2.55. The van der Waals surface area contributed by atoms with Crippen molar-refractivity contribution in [3.8, 4) is 0 Å². The van der Waals surface area contributed by atoms with E-state index >= 15 is 0 Å². The summed E-state index contributed by atoms with van der Waals surface area (Å²) in [5, 5.41) is 20.2. The van der Waals surface area contributed by atoms with Crippen molar-refractivity contribution >= 4 is 5.78 Å². The molecule has 0 saturated carbocycles. The molecule has 0 amide bonds. The van der Waals surface area contributed by atoms with Crippen molar-refractivity contribution in [1.82, 2.24) is 0 Å². The average Bonchev–Trinajstić information content (AvgIpc) is 2.13. The van der Waals surface area contributed by atoms with Crippen LogP contribution in [0.2, 0.25) is 0 Å². The Morgan fingerprint density at radius 2 is 2.12 bits per heavy atom. The number of allylic oxidation sites excluding steroid dienone is 1. The van der Waals surface area contributed by atoms with Crippen molar-refractivity contribution in [2.24, 2.45) is 5.41 Å². The van der Waals surface area contributed by atoms with Crippen LogP contribution in [0.1, 0.15) is 34.1 Å². The summed E-state index contributed by atoms with van der Waals surface area (Å²) in [5.41, 5.74) is -1.64. The molecule has 3 heteroatoms. The van der Waals surface area contributed by atoms with Gasteiger partial charge in [0, 0.05) is 5.41 Å². The average molecular weight is 224 g/mol. The first-order chi connectivity index (χ1) is 7.25. The molecule has 0 spiro atoms. The van der Waals surface area contributed by atoms with Gasteiger partial charge in [0.05, 0.1) is 6.10 Å². The lowest BCUT2D eigenvalue weighted by atomic mass is 9.62. The SMILES string of the molecule is C/C=C/C(=O)[C@]1(O)C(C)=C[C@@H](O)CC1(C)C. The molecular formula is C13H20O3. The topological polar surface area (TPSA) is 57.5 Å². The van der Waals surface area contributed by atoms with Crippen LogP contribution in [-0.4, -0.2) is 27.7 Å². The maximum absolute atomic E-state index is 12.0. The van der Waals surface area contributed by atoms with Crippen LogP contribution in [0.25, 0.3) is 0 Å². The van der Waals surface area contributed by atoms with Crippen molar-refractivity contribution in [3.05, 3.63) is 23.8 Å². The van der Waals surface area contributed by atoms with Gasteiger partial charge in [-0.3, -0.25) is 4.79 Å². The van der Waals surface area contributed by atoms with Crippen LogP contribution in [0, 0.1) is 5.41 Å². The highest BCUT2D eigenvalue weighted by Crippen LogP contribution is 2.45. The summed E-state index contributed by atoms with van der Waals surface area (Å²) in [5.74, 6) is -0.319. The molecule has 0 heterocycles. The minimum absolute atomic E-state index is 0.319. The molecule has 1 aliphatic carbocycles. The number of aliphatic hydroxyl groups is 2. The monoisotopic (exact) mass is 224 g/mol. The maximum Gasteiger partial charge on any atom is 0.191 e. The Hall–Kier alpha value is -0.930. The number of aliphatic hydroxyl groups excluding tert-OH is 1. The van der Waals surface area contributed by atoms with E-state index in [1.54, 1.807) is 39.8 Å². The molecular weight excluding hydrogens is 204 g/mol. The number of rotatable bonds is 2. The van der Waals surface area contributed by atoms with Gasteiger partial charge >= 0.3 is 0 Å². The zero-order chi connectivity index (χ0) is 12.6. The van der Waals surface area contributed by atoms with Crippen LogP contribution in [-0.2, 0) is 4.79 Å². The first-order valence-corrected chi connectivity index (χ1v) is 5.52. The van der Waals surface area contributed by atoms with Crippen LogP contribution in [0.4, 0.5) is 0 Å². The molecule has 0 aromatic rings. The van der Waals surface area contributed by atoms with Gasteiger partial charge in [-0.05, 0) is 31.9 Å². The predicted molar refractivity (Wildman–Crippen MR) is 62.9 cm³/mol. The van der Waals surface area contributed by atoms with Gasteiger partial charge in [-0.15, -0.1) is 0 Å². The fourth-order valence-electron chi connectivity index (χ4n) is 2.47. The Morgan fingerprint density at radius 1 is 1.56 bits per heavy atom. The van der Waals surface area contributed by atoms with Crippen LogP contribution in [0.3, 0.4) is 0 Å². The third-order valence-electron chi connectivity index (χ3n) is 3.39. The number of hydrogen-bond acceptors (Lipinski definition) is 3. The largest absolute Gasteiger partial charge is 0.389 e. The van der Waals surface area contributed by atoms with Crippen molar-refractivity contribution in [2.75, 3.05) is 0 Å². The molecule has 2 N–H and O–H groups in total. The van der Waals surface area contributed by atoms with Gasteiger partial charge in [-0.1, -0.05) is 26.0 Å². The zero-order valence-corrected chi connectivity index (χ0v) is 10.3. The Bertz CT molecular complexity index is 352. The Balaban J connectivity index is 3.27. The lowest BCUT2D eigenvalue weighted by molar-refractivity contribution is -0.143. The number of ketones is 1. The summed E-state index contributed by atoms with van der Waals surface area (Å²) < 4.78 is 0. The molecule has 2 atom stereocenters. The fraction of sp³-hybridized carbons (Fsp3) is 0.615. The molecule has 0 saturated heterocycles. The molecule has 1 rings (SSSR count). The summed E-state index contributed by atoms with van der Waals surface area (Å²) in [4.78, 5) is 12.0. The van der Waals surface area contributed by atoms with Crippen molar-refractivity contribution in [1.29, 1.82) is 0 Å². The van der Waals surface area contributed by atoms with E-state index < -0.39 is 17.1 Å². The van der Waals surface area contributed by atoms with E-state index in [0.29, 0.717) is 12.0 Å². The van der Waals surface area contributed by atoms with E-state index in [4.69, 9.17) is 0 Å². The molecule has 0 unspecified atom stereocenters. The molecule has 0 aliphatic heterocycles. The second-order valence-corrected chi connectivity index (χ2v) is 5.08. The molecule has 0 bridgehead atoms. The van der Waals surface area contributed by atoms with Crippen LogP contribution < -0.4 is 0 Å². The smallest absolute Gasteiger partial charge is 0.191 e. The summed E-state index contributed by atoms with van der Waals surface area (Å²) in [6.07, 6.45) is 4.36. The quantitative estimate of drug-likeness (QED) is 0.553. The molecule has 1 aliphatic rings. The highest BCUT2D eigenvalue weighted by Gasteiger charge is 2.52. The fourth-order valence-corrected chi connectivity index (χ4v) is 2.47. The van der Waals surface area contributed by atoms with E-state index in [2.05, 4.69) is 0 Å². The summed E-state index contributed by atoms with van der Waals surface area (Å²) in [6, 6.07) is 0. The number of hydrogen-bond donors (Lipinski definition) is 2. The third kappa shape index (κ3) is 1.85. The standard InChI is InChI=1S/C13H20O3/c1-5-6-11(15)13(16)9(2)7-10(14)8-12(13,3)4/h5-7,10,14,16H,8H2,1-4H3/b6-5+/t10-,13-/m1/s1. The van der Waals surface area contributed by atoms with Gasteiger partial charge in [0.1, 0.15) is 0 Å². The second kappa shape index (κ2) is 4.15. The van der Waals surface area contributed by atoms with Gasteiger partial charge in [-0.2, -0.15) is 0 Å². The van der Waals surface area contributed by atoms with E-state index in [1.165, 1.54) is 6.08 Å². The van der Waals surface area contributed by atoms with Crippen molar-refractivity contribution < 1.29 is 15.0 Å². The van der Waals surface area contributed by atoms with Crippen molar-refractivity contribution in [3.63, 3.8) is 0 Å². The first-order valence-electron chi connectivity index (χ1n) is 5.52. The molecule has 3 nitrogen and oxygen atoms in total. The normalized spacial score (nSPS) is 33.9. The highest BCUT2D eigenvalue weighted by molar-refractivity contribution is 6.00. The molecule has 0 aromatic heterocycles. The molecule has 0 aromatic carbocycles. The van der Waals surface area contributed by atoms with Gasteiger partial charge in [-0.25, -0.2) is 0 Å². The third-order valence-corrected chi connectivity index (χ3v) is 3.39. The van der Waals surface area contributed by atoms with E-state index in [1.807, 2.05) is 0 Å². The Labute approximate surface area is 96.5 Å². The molecule has 16 heavy (non-hydrogen) atoms. The summed E-state index contributed by atoms with van der Waals surface area (Å²) in [7, 11) is 0.